The zero-order valence-electron chi connectivity index (χ0n) is 19.7. The minimum atomic E-state index is -4.83. The van der Waals surface area contributed by atoms with Gasteiger partial charge in [0.2, 0.25) is 0 Å². The fourth-order valence-corrected chi connectivity index (χ4v) is 5.75. The number of piperidine rings is 1. The molecule has 0 bridgehead atoms. The van der Waals surface area contributed by atoms with Crippen LogP contribution in [0.3, 0.4) is 0 Å². The molecule has 1 N–H and O–H groups in total. The van der Waals surface area contributed by atoms with Gasteiger partial charge in [0.1, 0.15) is 5.75 Å². The number of carboxylic acids is 1. The third-order valence-electron chi connectivity index (χ3n) is 6.17. The number of carboxylic acid groups (broad SMARTS) is 1. The lowest BCUT2D eigenvalue weighted by Crippen LogP contribution is -2.45. The second kappa shape index (κ2) is 11.3. The zero-order chi connectivity index (χ0) is 25.7. The normalized spacial score (nSPS) is 21.3. The maximum atomic E-state index is 13.1. The average Bonchev–Trinajstić information content (AvgIpc) is 2.66. The number of halogens is 6. The van der Waals surface area contributed by atoms with E-state index in [1.54, 1.807) is 0 Å². The van der Waals surface area contributed by atoms with Crippen molar-refractivity contribution in [1.82, 2.24) is 4.90 Å². The molecule has 0 spiro atoms. The molecule has 1 fully saturated rings. The fraction of sp³-hybridized carbons (Fsp3) is 0.696. The minimum absolute atomic E-state index is 0.0538. The van der Waals surface area contributed by atoms with Gasteiger partial charge in [0.25, 0.3) is 0 Å². The van der Waals surface area contributed by atoms with Gasteiger partial charge in [0, 0.05) is 33.0 Å². The van der Waals surface area contributed by atoms with Crippen molar-refractivity contribution >= 4 is 14.0 Å². The first-order chi connectivity index (χ1) is 15.5. The van der Waals surface area contributed by atoms with Crippen LogP contribution in [0.5, 0.6) is 5.75 Å². The van der Waals surface area contributed by atoms with Crippen molar-refractivity contribution in [3.63, 3.8) is 0 Å². The summed E-state index contributed by atoms with van der Waals surface area (Å²) in [5.41, 5.74) is 0.648. The average molecular weight is 514 g/mol. The molecule has 0 radical (unpaired) electrons. The smallest absolute Gasteiger partial charge is 0.481 e. The Morgan fingerprint density at radius 3 is 2.24 bits per heavy atom. The summed E-state index contributed by atoms with van der Waals surface area (Å²) in [5.74, 6) is -1.49. The number of rotatable bonds is 10. The Bertz CT molecular complexity index is 774. The molecule has 1 aromatic rings. The summed E-state index contributed by atoms with van der Waals surface area (Å²) < 4.78 is 80.8. The summed E-state index contributed by atoms with van der Waals surface area (Å²) >= 11 is 0. The second-order valence-electron chi connectivity index (χ2n) is 10.3. The Morgan fingerprint density at radius 1 is 1.12 bits per heavy atom. The summed E-state index contributed by atoms with van der Waals surface area (Å²) in [6.07, 6.45) is -8.58. The largest absolute Gasteiger partial charge is 0.573 e. The molecule has 34 heavy (non-hydrogen) atoms. The van der Waals surface area contributed by atoms with Crippen LogP contribution >= 0.6 is 0 Å². The lowest BCUT2D eigenvalue weighted by molar-refractivity contribution is -0.274. The fourth-order valence-electron chi connectivity index (χ4n) is 4.55. The van der Waals surface area contributed by atoms with Crippen molar-refractivity contribution in [2.24, 2.45) is 5.92 Å². The summed E-state index contributed by atoms with van der Waals surface area (Å²) in [6.45, 7) is 6.91. The van der Waals surface area contributed by atoms with Crippen molar-refractivity contribution in [1.29, 1.82) is 0 Å². The van der Waals surface area contributed by atoms with Gasteiger partial charge in [-0.1, -0.05) is 37.8 Å². The van der Waals surface area contributed by atoms with Crippen LogP contribution in [-0.4, -0.2) is 49.2 Å². The Morgan fingerprint density at radius 2 is 1.74 bits per heavy atom. The first-order valence-electron chi connectivity index (χ1n) is 11.4. The summed E-state index contributed by atoms with van der Waals surface area (Å²) in [7, 11) is -1.53. The van der Waals surface area contributed by atoms with Gasteiger partial charge >= 0.3 is 18.5 Å². The molecule has 194 valence electrons. The van der Waals surface area contributed by atoms with Crippen LogP contribution in [0, 0.1) is 5.92 Å². The quantitative estimate of drug-likeness (QED) is 0.264. The standard InChI is InChI=1S/C23H33F6NO3Si/c1-34(2,3)13-10-18(8-11-22(24,25)26)30-12-9-16(15-21(31)32)14-20(30)17-4-6-19(7-5-17)33-23(27,28)29/h4-7,16,18,20H,8-15H2,1-3H3,(H,31,32). The van der Waals surface area contributed by atoms with Gasteiger partial charge in [-0.15, -0.1) is 13.2 Å². The molecule has 3 atom stereocenters. The van der Waals surface area contributed by atoms with Gasteiger partial charge in [-0.2, -0.15) is 13.2 Å². The molecule has 1 aliphatic rings. The highest BCUT2D eigenvalue weighted by Crippen LogP contribution is 2.40. The number of hydrogen-bond donors (Lipinski definition) is 1. The molecule has 1 heterocycles. The molecular weight excluding hydrogens is 480 g/mol. The third-order valence-corrected chi connectivity index (χ3v) is 7.96. The molecule has 2 rings (SSSR count). The van der Waals surface area contributed by atoms with Crippen molar-refractivity contribution in [3.8, 4) is 5.75 Å². The first-order valence-corrected chi connectivity index (χ1v) is 15.1. The molecule has 11 heteroatoms. The predicted octanol–water partition coefficient (Wildman–Crippen LogP) is 7.25. The Hall–Kier alpha value is -1.75. The Balaban J connectivity index is 2.32. The Labute approximate surface area is 197 Å². The summed E-state index contributed by atoms with van der Waals surface area (Å²) in [6, 6.07) is 5.47. The highest BCUT2D eigenvalue weighted by molar-refractivity contribution is 6.76. The molecule has 0 amide bonds. The van der Waals surface area contributed by atoms with Gasteiger partial charge in [-0.3, -0.25) is 9.69 Å². The van der Waals surface area contributed by atoms with Gasteiger partial charge in [0.05, 0.1) is 0 Å². The van der Waals surface area contributed by atoms with Crippen molar-refractivity contribution in [3.05, 3.63) is 29.8 Å². The number of nitrogens with zero attached hydrogens (tertiary/aromatic N) is 1. The SMILES string of the molecule is C[Si](C)(C)CCC(CCC(F)(F)F)N1CCC(CC(=O)O)CC1c1ccc(OC(F)(F)F)cc1. The van der Waals surface area contributed by atoms with E-state index in [1.165, 1.54) is 24.3 Å². The maximum absolute atomic E-state index is 13.1. The van der Waals surface area contributed by atoms with E-state index in [2.05, 4.69) is 24.4 Å². The number of likely N-dealkylation sites (tertiary alicyclic amines) is 1. The Kier molecular flexibility index (Phi) is 9.49. The second-order valence-corrected chi connectivity index (χ2v) is 15.9. The molecule has 0 saturated carbocycles. The maximum Gasteiger partial charge on any atom is 0.573 e. The number of alkyl halides is 6. The van der Waals surface area contributed by atoms with Crippen LogP contribution in [0.2, 0.25) is 25.7 Å². The molecule has 4 nitrogen and oxygen atoms in total. The van der Waals surface area contributed by atoms with E-state index in [4.69, 9.17) is 0 Å². The number of ether oxygens (including phenoxy) is 1. The van der Waals surface area contributed by atoms with E-state index in [9.17, 15) is 36.2 Å². The lowest BCUT2D eigenvalue weighted by atomic mass is 9.83. The van der Waals surface area contributed by atoms with E-state index >= 15 is 0 Å². The van der Waals surface area contributed by atoms with Crippen LogP contribution in [0.1, 0.15) is 50.1 Å². The van der Waals surface area contributed by atoms with Crippen LogP contribution in [0.4, 0.5) is 26.3 Å². The van der Waals surface area contributed by atoms with Gasteiger partial charge in [-0.05, 0) is 55.8 Å². The first kappa shape index (κ1) is 28.5. The molecule has 0 aliphatic carbocycles. The monoisotopic (exact) mass is 513 g/mol. The number of benzene rings is 1. The topological polar surface area (TPSA) is 49.8 Å². The van der Waals surface area contributed by atoms with E-state index in [0.29, 0.717) is 31.4 Å². The van der Waals surface area contributed by atoms with Crippen molar-refractivity contribution < 1.29 is 41.0 Å². The molecular formula is C23H33F6NO3Si. The minimum Gasteiger partial charge on any atom is -0.481 e. The highest BCUT2D eigenvalue weighted by atomic mass is 28.3. The number of hydrogen-bond acceptors (Lipinski definition) is 3. The predicted molar refractivity (Wildman–Crippen MR) is 119 cm³/mol. The van der Waals surface area contributed by atoms with E-state index < -0.39 is 33.0 Å². The van der Waals surface area contributed by atoms with Crippen LogP contribution in [0.15, 0.2) is 24.3 Å². The van der Waals surface area contributed by atoms with E-state index in [0.717, 1.165) is 6.04 Å². The van der Waals surface area contributed by atoms with Crippen LogP contribution < -0.4 is 4.74 Å². The molecule has 1 saturated heterocycles. The van der Waals surface area contributed by atoms with Crippen molar-refractivity contribution in [2.45, 2.75) is 88.8 Å². The number of carbonyl (C=O) groups is 1. The molecule has 3 unspecified atom stereocenters. The van der Waals surface area contributed by atoms with Gasteiger partial charge in [-0.25, -0.2) is 0 Å². The molecule has 1 aliphatic heterocycles. The number of aliphatic carboxylic acids is 1. The molecule has 0 aromatic heterocycles. The van der Waals surface area contributed by atoms with E-state index in [1.807, 2.05) is 4.90 Å². The van der Waals surface area contributed by atoms with Gasteiger partial charge < -0.3 is 9.84 Å². The van der Waals surface area contributed by atoms with Crippen molar-refractivity contribution in [2.75, 3.05) is 6.54 Å². The van der Waals surface area contributed by atoms with E-state index in [-0.39, 0.29) is 36.6 Å². The summed E-state index contributed by atoms with van der Waals surface area (Å²) in [5, 5.41) is 9.23. The zero-order valence-corrected chi connectivity index (χ0v) is 20.7. The third kappa shape index (κ3) is 10.2. The molecule has 1 aromatic carbocycles. The van der Waals surface area contributed by atoms with Crippen LogP contribution in [0.25, 0.3) is 0 Å². The highest BCUT2D eigenvalue weighted by Gasteiger charge is 2.37. The van der Waals surface area contributed by atoms with Gasteiger partial charge in [0.15, 0.2) is 0 Å². The summed E-state index contributed by atoms with van der Waals surface area (Å²) in [4.78, 5) is 13.3. The lowest BCUT2D eigenvalue weighted by Gasteiger charge is -2.45. The van der Waals surface area contributed by atoms with Crippen LogP contribution in [-0.2, 0) is 4.79 Å².